The number of hydrazine groups is 1. The molecule has 0 amide bonds. The Balaban J connectivity index is 2.41. The van der Waals surface area contributed by atoms with Crippen molar-refractivity contribution in [2.75, 3.05) is 23.4 Å². The van der Waals surface area contributed by atoms with E-state index in [0.29, 0.717) is 13.1 Å². The van der Waals surface area contributed by atoms with E-state index in [1.54, 1.807) is 0 Å². The van der Waals surface area contributed by atoms with E-state index in [2.05, 4.69) is 15.4 Å². The molecule has 0 spiro atoms. The average molecular weight is 282 g/mol. The Hall–Kier alpha value is -2.00. The molecule has 1 atom stereocenters. The smallest absolute Gasteiger partial charge is 0.329 e. The first-order chi connectivity index (χ1) is 9.32. The summed E-state index contributed by atoms with van der Waals surface area (Å²) in [6.07, 6.45) is 1.10. The van der Waals surface area contributed by atoms with Crippen molar-refractivity contribution >= 4 is 17.5 Å². The first-order valence-corrected chi connectivity index (χ1v) is 6.23. The topological polar surface area (TPSA) is 119 Å². The summed E-state index contributed by atoms with van der Waals surface area (Å²) in [5, 5.41) is 11.1. The molecule has 1 unspecified atom stereocenters. The molecule has 1 aliphatic heterocycles. The van der Waals surface area contributed by atoms with Gasteiger partial charge in [-0.3, -0.25) is 15.5 Å². The van der Waals surface area contributed by atoms with Crippen molar-refractivity contribution in [2.24, 2.45) is 5.84 Å². The first kappa shape index (κ1) is 14.4. The fraction of sp³-hybridized carbons (Fsp3) is 0.636. The minimum Gasteiger partial charge on any atom is -0.369 e. The van der Waals surface area contributed by atoms with Crippen LogP contribution in [0.2, 0.25) is 0 Å². The van der Waals surface area contributed by atoms with E-state index < -0.39 is 10.5 Å². The molecule has 0 aromatic carbocycles. The third-order valence-electron chi connectivity index (χ3n) is 2.94. The molecule has 0 bridgehead atoms. The zero-order chi connectivity index (χ0) is 14.9. The van der Waals surface area contributed by atoms with Crippen LogP contribution in [-0.4, -0.2) is 39.7 Å². The fourth-order valence-corrected chi connectivity index (χ4v) is 2.41. The summed E-state index contributed by atoms with van der Waals surface area (Å²) in [5.41, 5.74) is 1.75. The van der Waals surface area contributed by atoms with Gasteiger partial charge in [-0.25, -0.2) is 10.8 Å². The Labute approximate surface area is 116 Å². The number of nitrogen functional groups attached to an aromatic ring is 1. The second kappa shape index (κ2) is 5.17. The molecule has 1 aromatic rings. The second-order valence-corrected chi connectivity index (χ2v) is 5.37. The van der Waals surface area contributed by atoms with Crippen molar-refractivity contribution < 1.29 is 9.66 Å². The minimum absolute atomic E-state index is 0.0531. The average Bonchev–Trinajstić information content (AvgIpc) is 2.35. The van der Waals surface area contributed by atoms with Crippen LogP contribution in [0.5, 0.6) is 0 Å². The van der Waals surface area contributed by atoms with Crippen molar-refractivity contribution in [3.63, 3.8) is 0 Å². The Morgan fingerprint density at radius 2 is 2.35 bits per heavy atom. The van der Waals surface area contributed by atoms with Crippen molar-refractivity contribution in [1.82, 2.24) is 9.97 Å². The fourth-order valence-electron chi connectivity index (χ4n) is 2.41. The number of anilines is 2. The number of nitrogens with two attached hydrogens (primary N) is 1. The maximum absolute atomic E-state index is 11.1. The van der Waals surface area contributed by atoms with Crippen LogP contribution < -0.4 is 16.2 Å². The number of rotatable bonds is 3. The van der Waals surface area contributed by atoms with E-state index in [4.69, 9.17) is 10.6 Å². The Morgan fingerprint density at radius 3 is 2.90 bits per heavy atom. The number of aromatic nitrogens is 2. The Morgan fingerprint density at radius 1 is 1.65 bits per heavy atom. The summed E-state index contributed by atoms with van der Waals surface area (Å²) >= 11 is 0. The monoisotopic (exact) mass is 282 g/mol. The van der Waals surface area contributed by atoms with Crippen molar-refractivity contribution in [3.8, 4) is 0 Å². The van der Waals surface area contributed by atoms with Gasteiger partial charge >= 0.3 is 5.69 Å². The number of hydrogen-bond donors (Lipinski definition) is 2. The molecule has 0 aliphatic carbocycles. The summed E-state index contributed by atoms with van der Waals surface area (Å²) in [7, 11) is 0. The van der Waals surface area contributed by atoms with Gasteiger partial charge in [0.2, 0.25) is 11.8 Å². The summed E-state index contributed by atoms with van der Waals surface area (Å²) in [6, 6.07) is 0. The molecule has 2 rings (SSSR count). The Kier molecular flexibility index (Phi) is 3.73. The summed E-state index contributed by atoms with van der Waals surface area (Å²) in [5.74, 6) is 5.66. The van der Waals surface area contributed by atoms with Gasteiger partial charge in [0.15, 0.2) is 0 Å². The van der Waals surface area contributed by atoms with Crippen LogP contribution in [-0.2, 0) is 4.74 Å². The minimum atomic E-state index is -0.497. The standard InChI is InChI=1S/C11H18N6O3/c1-7-5-16(6-11(2,3)20-7)9-8(17(18)19)4-13-10(14-9)15-12/h4,7H,5-6,12H2,1-3H3,(H,13,14,15). The van der Waals surface area contributed by atoms with E-state index in [1.807, 2.05) is 25.7 Å². The second-order valence-electron chi connectivity index (χ2n) is 5.37. The van der Waals surface area contributed by atoms with Gasteiger partial charge in [0.1, 0.15) is 6.20 Å². The lowest BCUT2D eigenvalue weighted by molar-refractivity contribution is -0.384. The lowest BCUT2D eigenvalue weighted by Gasteiger charge is -2.41. The first-order valence-electron chi connectivity index (χ1n) is 6.23. The van der Waals surface area contributed by atoms with Crippen LogP contribution in [0.1, 0.15) is 20.8 Å². The molecule has 0 radical (unpaired) electrons. The van der Waals surface area contributed by atoms with Crippen LogP contribution in [0.25, 0.3) is 0 Å². The SMILES string of the molecule is CC1CN(c2nc(NN)ncc2[N+](=O)[O-])CC(C)(C)O1. The van der Waals surface area contributed by atoms with Gasteiger partial charge in [0, 0.05) is 13.1 Å². The zero-order valence-corrected chi connectivity index (χ0v) is 11.7. The van der Waals surface area contributed by atoms with Gasteiger partial charge in [0.25, 0.3) is 0 Å². The van der Waals surface area contributed by atoms with Gasteiger partial charge in [-0.05, 0) is 20.8 Å². The molecule has 9 nitrogen and oxygen atoms in total. The van der Waals surface area contributed by atoms with E-state index >= 15 is 0 Å². The normalized spacial score (nSPS) is 21.6. The highest BCUT2D eigenvalue weighted by Gasteiger charge is 2.35. The molecule has 1 aliphatic rings. The molecule has 2 heterocycles. The molecule has 20 heavy (non-hydrogen) atoms. The molecule has 3 N–H and O–H groups in total. The third kappa shape index (κ3) is 2.94. The van der Waals surface area contributed by atoms with E-state index in [9.17, 15) is 10.1 Å². The number of morpholine rings is 1. The van der Waals surface area contributed by atoms with E-state index in [1.165, 1.54) is 0 Å². The molecule has 9 heteroatoms. The van der Waals surface area contributed by atoms with E-state index in [0.717, 1.165) is 6.20 Å². The highest BCUT2D eigenvalue weighted by Crippen LogP contribution is 2.31. The van der Waals surface area contributed by atoms with Crippen LogP contribution in [0.3, 0.4) is 0 Å². The van der Waals surface area contributed by atoms with Gasteiger partial charge in [-0.15, -0.1) is 0 Å². The molecular formula is C11H18N6O3. The molecule has 1 saturated heterocycles. The summed E-state index contributed by atoms with van der Waals surface area (Å²) in [4.78, 5) is 20.4. The third-order valence-corrected chi connectivity index (χ3v) is 2.94. The number of nitrogens with one attached hydrogen (secondary N) is 1. The van der Waals surface area contributed by atoms with Gasteiger partial charge in [-0.2, -0.15) is 4.98 Å². The number of ether oxygens (including phenoxy) is 1. The van der Waals surface area contributed by atoms with Crippen molar-refractivity contribution in [1.29, 1.82) is 0 Å². The Bertz CT molecular complexity index is 521. The number of nitro groups is 1. The van der Waals surface area contributed by atoms with Gasteiger partial charge in [0.05, 0.1) is 16.6 Å². The summed E-state index contributed by atoms with van der Waals surface area (Å²) in [6.45, 7) is 6.81. The van der Waals surface area contributed by atoms with Crippen LogP contribution in [0.15, 0.2) is 6.20 Å². The quantitative estimate of drug-likeness (QED) is 0.471. The van der Waals surface area contributed by atoms with Crippen molar-refractivity contribution in [3.05, 3.63) is 16.3 Å². The maximum Gasteiger partial charge on any atom is 0.329 e. The maximum atomic E-state index is 11.1. The van der Waals surface area contributed by atoms with Gasteiger partial charge in [-0.1, -0.05) is 0 Å². The molecular weight excluding hydrogens is 264 g/mol. The molecule has 0 saturated carbocycles. The zero-order valence-electron chi connectivity index (χ0n) is 11.7. The van der Waals surface area contributed by atoms with Crippen LogP contribution in [0.4, 0.5) is 17.5 Å². The van der Waals surface area contributed by atoms with E-state index in [-0.39, 0.29) is 23.6 Å². The van der Waals surface area contributed by atoms with Crippen molar-refractivity contribution in [2.45, 2.75) is 32.5 Å². The highest BCUT2D eigenvalue weighted by molar-refractivity contribution is 5.59. The number of nitrogens with zero attached hydrogens (tertiary/aromatic N) is 4. The molecule has 110 valence electrons. The predicted molar refractivity (Wildman–Crippen MR) is 73.3 cm³/mol. The molecule has 1 aromatic heterocycles. The highest BCUT2D eigenvalue weighted by atomic mass is 16.6. The molecule has 1 fully saturated rings. The largest absolute Gasteiger partial charge is 0.369 e. The summed E-state index contributed by atoms with van der Waals surface area (Å²) < 4.78 is 5.79. The van der Waals surface area contributed by atoms with Gasteiger partial charge < -0.3 is 9.64 Å². The predicted octanol–water partition coefficient (Wildman–Crippen LogP) is 0.674. The lowest BCUT2D eigenvalue weighted by Crippen LogP contribution is -2.52. The van der Waals surface area contributed by atoms with Crippen LogP contribution in [0, 0.1) is 10.1 Å². The lowest BCUT2D eigenvalue weighted by atomic mass is 10.1. The van der Waals surface area contributed by atoms with Crippen LogP contribution >= 0.6 is 0 Å². The number of hydrogen-bond acceptors (Lipinski definition) is 8.